The fourth-order valence-corrected chi connectivity index (χ4v) is 3.25. The van der Waals surface area contributed by atoms with Gasteiger partial charge in [-0.3, -0.25) is 9.59 Å². The van der Waals surface area contributed by atoms with Crippen LogP contribution in [0.25, 0.3) is 22.7 Å². The average molecular weight is 450 g/mol. The number of nitrogens with zero attached hydrogens (tertiary/aromatic N) is 2. The Balaban J connectivity index is 1.40. The average Bonchev–Trinajstić information content (AvgIpc) is 3.26. The molecule has 0 aliphatic carbocycles. The summed E-state index contributed by atoms with van der Waals surface area (Å²) in [5.74, 6) is -0.867. The quantitative estimate of drug-likeness (QED) is 0.432. The molecule has 2 aromatic heterocycles. The molecule has 0 unspecified atom stereocenters. The molecule has 9 heteroatoms. The molecule has 2 aromatic carbocycles. The van der Waals surface area contributed by atoms with Gasteiger partial charge in [-0.15, -0.1) is 0 Å². The Morgan fingerprint density at radius 2 is 2.00 bits per heavy atom. The minimum atomic E-state index is -0.754. The molecule has 4 rings (SSSR count). The number of nitrogens with one attached hydrogen (secondary N) is 2. The van der Waals surface area contributed by atoms with E-state index in [1.807, 2.05) is 6.92 Å². The van der Waals surface area contributed by atoms with Crippen molar-refractivity contribution >= 4 is 11.6 Å². The number of amides is 1. The van der Waals surface area contributed by atoms with Crippen LogP contribution < -0.4 is 10.9 Å². The number of rotatable bonds is 7. The third-order valence-corrected chi connectivity index (χ3v) is 4.89. The lowest BCUT2D eigenvalue weighted by Gasteiger charge is -2.08. The lowest BCUT2D eigenvalue weighted by atomic mass is 10.1. The van der Waals surface area contributed by atoms with E-state index in [1.54, 1.807) is 24.3 Å². The number of H-pyrrole nitrogens is 1. The molecule has 0 spiro atoms. The number of anilines is 1. The van der Waals surface area contributed by atoms with Gasteiger partial charge in [0.25, 0.3) is 5.56 Å². The summed E-state index contributed by atoms with van der Waals surface area (Å²) in [5.41, 5.74) is 1.74. The summed E-state index contributed by atoms with van der Waals surface area (Å²) in [6.07, 6.45) is 2.24. The second-order valence-corrected chi connectivity index (χ2v) is 7.31. The highest BCUT2D eigenvalue weighted by atomic mass is 19.1. The topological polar surface area (TPSA) is 101 Å². The highest BCUT2D eigenvalue weighted by Gasteiger charge is 2.13. The third-order valence-electron chi connectivity index (χ3n) is 4.89. The van der Waals surface area contributed by atoms with Crippen molar-refractivity contribution in [3.63, 3.8) is 0 Å². The molecule has 0 atom stereocenters. The van der Waals surface area contributed by atoms with E-state index in [0.29, 0.717) is 29.2 Å². The lowest BCUT2D eigenvalue weighted by Crippen LogP contribution is -2.13. The standard InChI is InChI=1S/C24H20F2N4O3/c1-2-16-12-22(32)30-24(29-16)14-4-3-5-17(10-14)28-21(31)8-9-23-27-13-20(33-23)18-7-6-15(25)11-19(18)26/h3-7,10-13H,2,8-9H2,1H3,(H,28,31)(H,29,30,32). The van der Waals surface area contributed by atoms with Crippen molar-refractivity contribution in [1.82, 2.24) is 15.0 Å². The number of aromatic nitrogens is 3. The van der Waals surface area contributed by atoms with Gasteiger partial charge in [0, 0.05) is 41.9 Å². The van der Waals surface area contributed by atoms with E-state index in [4.69, 9.17) is 4.42 Å². The summed E-state index contributed by atoms with van der Waals surface area (Å²) in [6, 6.07) is 11.6. The van der Waals surface area contributed by atoms with Gasteiger partial charge in [0.15, 0.2) is 11.7 Å². The molecule has 33 heavy (non-hydrogen) atoms. The van der Waals surface area contributed by atoms with E-state index < -0.39 is 11.6 Å². The van der Waals surface area contributed by atoms with Crippen molar-refractivity contribution in [2.75, 3.05) is 5.32 Å². The fraction of sp³-hybridized carbons (Fsp3) is 0.167. The molecule has 168 valence electrons. The van der Waals surface area contributed by atoms with Crippen LogP contribution >= 0.6 is 0 Å². The van der Waals surface area contributed by atoms with E-state index in [0.717, 1.165) is 12.1 Å². The predicted octanol–water partition coefficient (Wildman–Crippen LogP) is 4.50. The van der Waals surface area contributed by atoms with Crippen LogP contribution in [0.15, 0.2) is 63.9 Å². The van der Waals surface area contributed by atoms with Crippen LogP contribution in [0.3, 0.4) is 0 Å². The number of oxazole rings is 1. The number of aryl methyl sites for hydroxylation is 2. The summed E-state index contributed by atoms with van der Waals surface area (Å²) in [6.45, 7) is 1.91. The molecule has 0 aliphatic rings. The van der Waals surface area contributed by atoms with Crippen molar-refractivity contribution in [1.29, 1.82) is 0 Å². The van der Waals surface area contributed by atoms with Crippen LogP contribution in [-0.4, -0.2) is 20.9 Å². The molecule has 2 N–H and O–H groups in total. The Bertz CT molecular complexity index is 1360. The van der Waals surface area contributed by atoms with E-state index in [2.05, 4.69) is 20.3 Å². The van der Waals surface area contributed by atoms with Crippen LogP contribution in [0, 0.1) is 11.6 Å². The van der Waals surface area contributed by atoms with E-state index in [-0.39, 0.29) is 41.5 Å². The van der Waals surface area contributed by atoms with E-state index >= 15 is 0 Å². The van der Waals surface area contributed by atoms with Crippen molar-refractivity contribution in [2.45, 2.75) is 26.2 Å². The first-order valence-corrected chi connectivity index (χ1v) is 10.3. The monoisotopic (exact) mass is 450 g/mol. The molecule has 0 aliphatic heterocycles. The first kappa shape index (κ1) is 22.1. The molecular weight excluding hydrogens is 430 g/mol. The van der Waals surface area contributed by atoms with Gasteiger partial charge in [-0.2, -0.15) is 0 Å². The summed E-state index contributed by atoms with van der Waals surface area (Å²) >= 11 is 0. The van der Waals surface area contributed by atoms with E-state index in [9.17, 15) is 18.4 Å². The molecule has 0 fully saturated rings. The molecule has 1 amide bonds. The van der Waals surface area contributed by atoms with Crippen LogP contribution in [0.5, 0.6) is 0 Å². The predicted molar refractivity (Wildman–Crippen MR) is 118 cm³/mol. The van der Waals surface area contributed by atoms with Gasteiger partial charge in [0.05, 0.1) is 11.8 Å². The highest BCUT2D eigenvalue weighted by molar-refractivity contribution is 5.91. The zero-order valence-electron chi connectivity index (χ0n) is 17.7. The minimum absolute atomic E-state index is 0.0798. The summed E-state index contributed by atoms with van der Waals surface area (Å²) < 4.78 is 32.5. The number of benzene rings is 2. The zero-order chi connectivity index (χ0) is 23.4. The van der Waals surface area contributed by atoms with Gasteiger partial charge in [-0.05, 0) is 30.7 Å². The van der Waals surface area contributed by atoms with Crippen LogP contribution in [-0.2, 0) is 17.6 Å². The Kier molecular flexibility index (Phi) is 6.39. The van der Waals surface area contributed by atoms with E-state index in [1.165, 1.54) is 18.3 Å². The largest absolute Gasteiger partial charge is 0.441 e. The summed E-state index contributed by atoms with van der Waals surface area (Å²) in [7, 11) is 0. The number of hydrogen-bond donors (Lipinski definition) is 2. The van der Waals surface area contributed by atoms with Crippen molar-refractivity contribution in [3.8, 4) is 22.7 Å². The fourth-order valence-electron chi connectivity index (χ4n) is 3.25. The maximum Gasteiger partial charge on any atom is 0.251 e. The van der Waals surface area contributed by atoms with Crippen molar-refractivity contribution in [3.05, 3.63) is 88.3 Å². The first-order chi connectivity index (χ1) is 15.9. The zero-order valence-corrected chi connectivity index (χ0v) is 17.7. The second-order valence-electron chi connectivity index (χ2n) is 7.31. The third kappa shape index (κ3) is 5.38. The van der Waals surface area contributed by atoms with Gasteiger partial charge in [0.2, 0.25) is 5.91 Å². The van der Waals surface area contributed by atoms with Crippen molar-refractivity contribution in [2.24, 2.45) is 0 Å². The Morgan fingerprint density at radius 3 is 2.79 bits per heavy atom. The second kappa shape index (κ2) is 9.56. The molecule has 7 nitrogen and oxygen atoms in total. The Labute approximate surface area is 187 Å². The Morgan fingerprint density at radius 1 is 1.15 bits per heavy atom. The minimum Gasteiger partial charge on any atom is -0.441 e. The SMILES string of the molecule is CCc1cc(=O)[nH]c(-c2cccc(NC(=O)CCc3ncc(-c4ccc(F)cc4F)o3)c2)n1. The van der Waals surface area contributed by atoms with Crippen molar-refractivity contribution < 1.29 is 18.0 Å². The number of carbonyl (C=O) groups excluding carboxylic acids is 1. The molecule has 0 saturated carbocycles. The highest BCUT2D eigenvalue weighted by Crippen LogP contribution is 2.25. The molecule has 0 radical (unpaired) electrons. The van der Waals surface area contributed by atoms with Gasteiger partial charge in [-0.25, -0.2) is 18.7 Å². The van der Waals surface area contributed by atoms with Gasteiger partial charge >= 0.3 is 0 Å². The van der Waals surface area contributed by atoms with Crippen LogP contribution in [0.4, 0.5) is 14.5 Å². The molecule has 0 bridgehead atoms. The maximum atomic E-state index is 13.9. The van der Waals surface area contributed by atoms with Gasteiger partial charge in [0.1, 0.15) is 17.5 Å². The number of halogens is 2. The lowest BCUT2D eigenvalue weighted by molar-refractivity contribution is -0.116. The summed E-state index contributed by atoms with van der Waals surface area (Å²) in [4.78, 5) is 35.4. The Hall–Kier alpha value is -4.14. The number of aromatic amines is 1. The maximum absolute atomic E-state index is 13.9. The molecule has 2 heterocycles. The van der Waals surface area contributed by atoms with Gasteiger partial charge in [-0.1, -0.05) is 19.1 Å². The number of carbonyl (C=O) groups is 1. The van der Waals surface area contributed by atoms with Crippen LogP contribution in [0.2, 0.25) is 0 Å². The smallest absolute Gasteiger partial charge is 0.251 e. The van der Waals surface area contributed by atoms with Crippen LogP contribution in [0.1, 0.15) is 24.9 Å². The summed E-state index contributed by atoms with van der Waals surface area (Å²) in [5, 5.41) is 2.79. The first-order valence-electron chi connectivity index (χ1n) is 10.3. The molecular formula is C24H20F2N4O3. The molecule has 4 aromatic rings. The number of hydrogen-bond acceptors (Lipinski definition) is 5. The normalized spacial score (nSPS) is 10.9. The van der Waals surface area contributed by atoms with Gasteiger partial charge < -0.3 is 14.7 Å². The molecule has 0 saturated heterocycles.